The molecule has 1 aliphatic rings. The summed E-state index contributed by atoms with van der Waals surface area (Å²) in [6, 6.07) is 0. The Balaban J connectivity index is 0.000000183. The Hall–Kier alpha value is -1.63. The average molecular weight is 694 g/mol. The Kier molecular flexibility index (Phi) is 11.5. The predicted molar refractivity (Wildman–Crippen MR) is 134 cm³/mol. The van der Waals surface area contributed by atoms with E-state index >= 15 is 0 Å². The van der Waals surface area contributed by atoms with Crippen molar-refractivity contribution in [3.05, 3.63) is 73.6 Å². The molecule has 3 heterocycles. The fourth-order valence-electron chi connectivity index (χ4n) is 2.27. The molecular weight excluding hydrogens is 676 g/mol. The van der Waals surface area contributed by atoms with Gasteiger partial charge >= 0.3 is 5.97 Å². The van der Waals surface area contributed by atoms with Crippen LogP contribution in [0.1, 0.15) is 30.7 Å². The normalized spacial score (nSPS) is 15.9. The minimum atomic E-state index is -0.118. The second-order valence-corrected chi connectivity index (χ2v) is 9.34. The fourth-order valence-corrected chi connectivity index (χ4v) is 3.09. The number of carbonyl (C=O) groups is 1. The summed E-state index contributed by atoms with van der Waals surface area (Å²) in [4.78, 5) is 35.3. The Labute approximate surface area is 219 Å². The standard InChI is InChI=1S/C10H11BrN2O2.C6H5BrN2.C4H2Br2N2/c1-2-15-10(14)7-3-6(7)8-4-13-9(11)5-12-8;1-2-5-3-9-6(7)4-8-5;5-3-1-7-4(6)2-8-3/h4-7H,2-3H2,1H3;2-4H,1H2;1-2H. The van der Waals surface area contributed by atoms with Crippen molar-refractivity contribution in [3.8, 4) is 0 Å². The summed E-state index contributed by atoms with van der Waals surface area (Å²) < 4.78 is 7.90. The molecule has 3 aromatic heterocycles. The summed E-state index contributed by atoms with van der Waals surface area (Å²) in [5.74, 6) is 0.0669. The molecule has 3 aromatic rings. The number of esters is 1. The predicted octanol–water partition coefficient (Wildman–Crippen LogP) is 5.79. The first-order chi connectivity index (χ1) is 15.3. The topological polar surface area (TPSA) is 104 Å². The van der Waals surface area contributed by atoms with E-state index in [1.54, 1.807) is 43.3 Å². The average Bonchev–Trinajstić information content (AvgIpc) is 3.59. The van der Waals surface area contributed by atoms with E-state index in [1.807, 2.05) is 6.92 Å². The van der Waals surface area contributed by atoms with Crippen LogP contribution in [0.25, 0.3) is 6.08 Å². The summed E-state index contributed by atoms with van der Waals surface area (Å²) in [7, 11) is 0. The van der Waals surface area contributed by atoms with Gasteiger partial charge < -0.3 is 4.74 Å². The Morgan fingerprint density at radius 2 is 1.41 bits per heavy atom. The zero-order valence-corrected chi connectivity index (χ0v) is 23.2. The molecule has 12 heteroatoms. The number of ether oxygens (including phenoxy) is 1. The fraction of sp³-hybridized carbons (Fsp3) is 0.250. The first kappa shape index (κ1) is 26.6. The molecule has 8 nitrogen and oxygen atoms in total. The first-order valence-corrected chi connectivity index (χ1v) is 12.4. The molecule has 168 valence electrons. The molecule has 1 aliphatic carbocycles. The summed E-state index contributed by atoms with van der Waals surface area (Å²) in [6.07, 6.45) is 12.4. The second kappa shape index (κ2) is 13.8. The summed E-state index contributed by atoms with van der Waals surface area (Å²) in [6.45, 7) is 5.80. The number of rotatable bonds is 4. The minimum Gasteiger partial charge on any atom is -0.466 e. The van der Waals surface area contributed by atoms with Crippen LogP contribution in [0.5, 0.6) is 0 Å². The van der Waals surface area contributed by atoms with Crippen LogP contribution >= 0.6 is 63.7 Å². The van der Waals surface area contributed by atoms with E-state index < -0.39 is 0 Å². The van der Waals surface area contributed by atoms with Gasteiger partial charge in [-0.05, 0) is 83.1 Å². The highest BCUT2D eigenvalue weighted by atomic mass is 79.9. The Morgan fingerprint density at radius 1 is 0.906 bits per heavy atom. The van der Waals surface area contributed by atoms with Crippen molar-refractivity contribution in [2.24, 2.45) is 5.92 Å². The molecule has 4 rings (SSSR count). The molecule has 0 aromatic carbocycles. The van der Waals surface area contributed by atoms with Gasteiger partial charge in [-0.1, -0.05) is 6.58 Å². The molecule has 0 amide bonds. The highest BCUT2D eigenvalue weighted by Gasteiger charge is 2.46. The van der Waals surface area contributed by atoms with Gasteiger partial charge in [0.1, 0.15) is 18.4 Å². The number of carbonyl (C=O) groups excluding carboxylic acids is 1. The molecule has 0 aliphatic heterocycles. The van der Waals surface area contributed by atoms with Crippen LogP contribution in [-0.4, -0.2) is 42.5 Å². The van der Waals surface area contributed by atoms with Gasteiger partial charge in [0, 0.05) is 5.92 Å². The summed E-state index contributed by atoms with van der Waals surface area (Å²) >= 11 is 12.7. The number of nitrogens with zero attached hydrogens (tertiary/aromatic N) is 6. The van der Waals surface area contributed by atoms with Crippen molar-refractivity contribution in [3.63, 3.8) is 0 Å². The SMILES string of the molecule is Brc1cnc(Br)cn1.C=Cc1cnc(Br)cn1.CCOC(=O)C1CC1c1cnc(Br)cn1. The maximum Gasteiger partial charge on any atom is 0.309 e. The van der Waals surface area contributed by atoms with E-state index in [-0.39, 0.29) is 17.8 Å². The zero-order chi connectivity index (χ0) is 23.5. The Bertz CT molecular complexity index is 983. The number of hydrogen-bond acceptors (Lipinski definition) is 8. The lowest BCUT2D eigenvalue weighted by Gasteiger charge is -2.00. The highest BCUT2D eigenvalue weighted by Crippen LogP contribution is 2.47. The summed E-state index contributed by atoms with van der Waals surface area (Å²) in [5, 5.41) is 0. The quantitative estimate of drug-likeness (QED) is 0.317. The van der Waals surface area contributed by atoms with Gasteiger partial charge in [0.25, 0.3) is 0 Å². The third kappa shape index (κ3) is 9.47. The van der Waals surface area contributed by atoms with Crippen LogP contribution in [0, 0.1) is 5.92 Å². The van der Waals surface area contributed by atoms with Crippen molar-refractivity contribution in [2.45, 2.75) is 19.3 Å². The molecule has 0 spiro atoms. The van der Waals surface area contributed by atoms with Crippen molar-refractivity contribution in [2.75, 3.05) is 6.61 Å². The monoisotopic (exact) mass is 690 g/mol. The maximum atomic E-state index is 11.4. The molecule has 2 atom stereocenters. The first-order valence-electron chi connectivity index (χ1n) is 9.21. The van der Waals surface area contributed by atoms with Gasteiger partial charge in [-0.25, -0.2) is 19.9 Å². The van der Waals surface area contributed by atoms with E-state index in [2.05, 4.69) is 100 Å². The van der Waals surface area contributed by atoms with Crippen molar-refractivity contribution in [1.29, 1.82) is 0 Å². The molecule has 0 N–H and O–H groups in total. The molecule has 1 saturated carbocycles. The van der Waals surface area contributed by atoms with E-state index in [1.165, 1.54) is 0 Å². The van der Waals surface area contributed by atoms with Crippen molar-refractivity contribution in [1.82, 2.24) is 29.9 Å². The second-order valence-electron chi connectivity index (χ2n) is 6.09. The number of aromatic nitrogens is 6. The van der Waals surface area contributed by atoms with E-state index in [4.69, 9.17) is 4.74 Å². The van der Waals surface area contributed by atoms with Crippen LogP contribution in [0.3, 0.4) is 0 Å². The maximum absolute atomic E-state index is 11.4. The van der Waals surface area contributed by atoms with Gasteiger partial charge in [-0.3, -0.25) is 14.8 Å². The van der Waals surface area contributed by atoms with E-state index in [9.17, 15) is 4.79 Å². The molecular formula is C20H18Br4N6O2. The number of hydrogen-bond donors (Lipinski definition) is 0. The van der Waals surface area contributed by atoms with Gasteiger partial charge in [0.15, 0.2) is 0 Å². The Morgan fingerprint density at radius 3 is 1.81 bits per heavy atom. The molecule has 1 fully saturated rings. The van der Waals surface area contributed by atoms with Crippen LogP contribution in [0.4, 0.5) is 0 Å². The van der Waals surface area contributed by atoms with E-state index in [0.717, 1.165) is 31.6 Å². The van der Waals surface area contributed by atoms with E-state index in [0.29, 0.717) is 11.2 Å². The minimum absolute atomic E-state index is 0.0135. The van der Waals surface area contributed by atoms with Gasteiger partial charge in [-0.2, -0.15) is 0 Å². The third-order valence-corrected chi connectivity index (χ3v) is 5.48. The molecule has 2 unspecified atom stereocenters. The lowest BCUT2D eigenvalue weighted by molar-refractivity contribution is -0.144. The highest BCUT2D eigenvalue weighted by molar-refractivity contribution is 9.11. The molecule has 0 bridgehead atoms. The molecule has 32 heavy (non-hydrogen) atoms. The molecule has 0 radical (unpaired) electrons. The third-order valence-electron chi connectivity index (χ3n) is 3.84. The largest absolute Gasteiger partial charge is 0.466 e. The lowest BCUT2D eigenvalue weighted by atomic mass is 10.2. The lowest BCUT2D eigenvalue weighted by Crippen LogP contribution is -2.07. The van der Waals surface area contributed by atoms with Crippen LogP contribution < -0.4 is 0 Å². The smallest absolute Gasteiger partial charge is 0.309 e. The summed E-state index contributed by atoms with van der Waals surface area (Å²) in [5.41, 5.74) is 1.66. The number of halogens is 4. The van der Waals surface area contributed by atoms with Gasteiger partial charge in [0.2, 0.25) is 0 Å². The zero-order valence-electron chi connectivity index (χ0n) is 16.8. The van der Waals surface area contributed by atoms with Crippen LogP contribution in [0.2, 0.25) is 0 Å². The van der Waals surface area contributed by atoms with Crippen LogP contribution in [0.15, 0.2) is 62.2 Å². The van der Waals surface area contributed by atoms with Gasteiger partial charge in [0.05, 0.1) is 61.1 Å². The van der Waals surface area contributed by atoms with Crippen molar-refractivity contribution >= 4 is 75.8 Å². The van der Waals surface area contributed by atoms with Crippen molar-refractivity contribution < 1.29 is 9.53 Å². The van der Waals surface area contributed by atoms with Gasteiger partial charge in [-0.15, -0.1) is 0 Å². The molecule has 0 saturated heterocycles. The van der Waals surface area contributed by atoms with Crippen LogP contribution in [-0.2, 0) is 9.53 Å².